The van der Waals surface area contributed by atoms with Crippen molar-refractivity contribution in [1.82, 2.24) is 14.7 Å². The van der Waals surface area contributed by atoms with Crippen LogP contribution in [0.4, 0.5) is 5.69 Å². The molecule has 3 heterocycles. The summed E-state index contributed by atoms with van der Waals surface area (Å²) in [4.78, 5) is 17.7. The number of aromatic nitrogens is 2. The summed E-state index contributed by atoms with van der Waals surface area (Å²) < 4.78 is 36.4. The lowest BCUT2D eigenvalue weighted by molar-refractivity contribution is 0.0737. The Morgan fingerprint density at radius 2 is 1.53 bits per heavy atom. The molecule has 1 saturated heterocycles. The van der Waals surface area contributed by atoms with Gasteiger partial charge in [0.15, 0.2) is 21.3 Å². The normalized spacial score (nSPS) is 15.9. The van der Waals surface area contributed by atoms with Gasteiger partial charge in [-0.3, -0.25) is 4.79 Å². The summed E-state index contributed by atoms with van der Waals surface area (Å²) >= 11 is 0. The van der Waals surface area contributed by atoms with Crippen LogP contribution >= 0.6 is 0 Å². The SMILES string of the molecule is Cc1cc(C(=O)N2CCN(c3ccc4c(c3)OCCO4)CC2)n(-c2ccc(S(C)(=O)=O)cc2)n1. The van der Waals surface area contributed by atoms with E-state index in [2.05, 4.69) is 10.00 Å². The molecule has 0 aliphatic carbocycles. The van der Waals surface area contributed by atoms with Gasteiger partial charge in [0.2, 0.25) is 0 Å². The Kier molecular flexibility index (Phi) is 5.68. The van der Waals surface area contributed by atoms with Gasteiger partial charge in [0.25, 0.3) is 5.91 Å². The predicted molar refractivity (Wildman–Crippen MR) is 127 cm³/mol. The van der Waals surface area contributed by atoms with Crippen LogP contribution < -0.4 is 14.4 Å². The summed E-state index contributed by atoms with van der Waals surface area (Å²) in [5.41, 5.74) is 2.85. The minimum Gasteiger partial charge on any atom is -0.486 e. The van der Waals surface area contributed by atoms with E-state index in [0.717, 1.165) is 17.2 Å². The lowest BCUT2D eigenvalue weighted by atomic mass is 10.2. The number of rotatable bonds is 4. The van der Waals surface area contributed by atoms with Crippen LogP contribution in [0, 0.1) is 6.92 Å². The van der Waals surface area contributed by atoms with Gasteiger partial charge in [-0.15, -0.1) is 0 Å². The van der Waals surface area contributed by atoms with Gasteiger partial charge in [-0.05, 0) is 49.4 Å². The third kappa shape index (κ3) is 4.33. The molecule has 178 valence electrons. The molecule has 2 aliphatic heterocycles. The molecule has 0 saturated carbocycles. The third-order valence-electron chi connectivity index (χ3n) is 6.02. The van der Waals surface area contributed by atoms with Gasteiger partial charge >= 0.3 is 0 Å². The highest BCUT2D eigenvalue weighted by Gasteiger charge is 2.26. The minimum atomic E-state index is -3.30. The molecule has 5 rings (SSSR count). The first-order chi connectivity index (χ1) is 16.3. The second-order valence-electron chi connectivity index (χ2n) is 8.46. The van der Waals surface area contributed by atoms with Crippen LogP contribution in [-0.4, -0.2) is 74.7 Å². The molecule has 3 aromatic rings. The van der Waals surface area contributed by atoms with Crippen molar-refractivity contribution in [1.29, 1.82) is 0 Å². The van der Waals surface area contributed by atoms with Crippen LogP contribution in [0.1, 0.15) is 16.2 Å². The highest BCUT2D eigenvalue weighted by Crippen LogP contribution is 2.34. The van der Waals surface area contributed by atoms with Crippen molar-refractivity contribution in [2.24, 2.45) is 0 Å². The number of hydrogen-bond donors (Lipinski definition) is 0. The van der Waals surface area contributed by atoms with Crippen molar-refractivity contribution >= 4 is 21.4 Å². The van der Waals surface area contributed by atoms with Crippen molar-refractivity contribution in [3.05, 3.63) is 59.9 Å². The van der Waals surface area contributed by atoms with E-state index >= 15 is 0 Å². The van der Waals surface area contributed by atoms with Gasteiger partial charge in [-0.25, -0.2) is 13.1 Å². The van der Waals surface area contributed by atoms with Crippen LogP contribution in [0.15, 0.2) is 53.4 Å². The molecule has 0 N–H and O–H groups in total. The highest BCUT2D eigenvalue weighted by molar-refractivity contribution is 7.90. The Morgan fingerprint density at radius 3 is 2.21 bits per heavy atom. The summed E-state index contributed by atoms with van der Waals surface area (Å²) in [5.74, 6) is 1.41. The quantitative estimate of drug-likeness (QED) is 0.563. The molecule has 34 heavy (non-hydrogen) atoms. The molecule has 9 nitrogen and oxygen atoms in total. The van der Waals surface area contributed by atoms with Crippen LogP contribution in [-0.2, 0) is 9.84 Å². The van der Waals surface area contributed by atoms with E-state index in [0.29, 0.717) is 56.5 Å². The number of aryl methyl sites for hydroxylation is 1. The molecule has 0 unspecified atom stereocenters. The maximum Gasteiger partial charge on any atom is 0.272 e. The summed E-state index contributed by atoms with van der Waals surface area (Å²) in [6.07, 6.45) is 1.17. The van der Waals surface area contributed by atoms with E-state index in [-0.39, 0.29) is 10.8 Å². The second-order valence-corrected chi connectivity index (χ2v) is 10.5. The number of carbonyl (C=O) groups excluding carboxylic acids is 1. The van der Waals surface area contributed by atoms with Gasteiger partial charge in [0.05, 0.1) is 16.3 Å². The second kappa shape index (κ2) is 8.68. The predicted octanol–water partition coefficient (Wildman–Crippen LogP) is 2.32. The minimum absolute atomic E-state index is 0.102. The zero-order chi connectivity index (χ0) is 23.9. The number of anilines is 1. The Balaban J connectivity index is 1.31. The van der Waals surface area contributed by atoms with E-state index in [1.54, 1.807) is 22.9 Å². The van der Waals surface area contributed by atoms with Gasteiger partial charge < -0.3 is 19.3 Å². The fourth-order valence-electron chi connectivity index (χ4n) is 4.24. The van der Waals surface area contributed by atoms with E-state index in [1.165, 1.54) is 18.4 Å². The summed E-state index contributed by atoms with van der Waals surface area (Å²) in [6, 6.07) is 14.1. The van der Waals surface area contributed by atoms with E-state index < -0.39 is 9.84 Å². The maximum atomic E-state index is 13.4. The molecular weight excluding hydrogens is 456 g/mol. The number of sulfone groups is 1. The fourth-order valence-corrected chi connectivity index (χ4v) is 4.87. The average molecular weight is 483 g/mol. The number of benzene rings is 2. The molecule has 10 heteroatoms. The van der Waals surface area contributed by atoms with Gasteiger partial charge in [-0.1, -0.05) is 0 Å². The van der Waals surface area contributed by atoms with Crippen molar-refractivity contribution in [2.45, 2.75) is 11.8 Å². The molecule has 0 spiro atoms. The topological polar surface area (TPSA) is 94.0 Å². The van der Waals surface area contributed by atoms with Crippen LogP contribution in [0.3, 0.4) is 0 Å². The van der Waals surface area contributed by atoms with Crippen molar-refractivity contribution in [3.8, 4) is 17.2 Å². The molecule has 0 atom stereocenters. The molecule has 0 bridgehead atoms. The van der Waals surface area contributed by atoms with Gasteiger partial charge in [-0.2, -0.15) is 5.10 Å². The number of nitrogens with zero attached hydrogens (tertiary/aromatic N) is 4. The average Bonchev–Trinajstić information content (AvgIpc) is 3.24. The lowest BCUT2D eigenvalue weighted by Gasteiger charge is -2.36. The third-order valence-corrected chi connectivity index (χ3v) is 7.15. The van der Waals surface area contributed by atoms with E-state index in [1.807, 2.05) is 30.0 Å². The van der Waals surface area contributed by atoms with E-state index in [9.17, 15) is 13.2 Å². The fraction of sp³-hybridized carbons (Fsp3) is 0.333. The largest absolute Gasteiger partial charge is 0.486 e. The van der Waals surface area contributed by atoms with E-state index in [4.69, 9.17) is 9.47 Å². The van der Waals surface area contributed by atoms with Gasteiger partial charge in [0, 0.05) is 44.2 Å². The summed E-state index contributed by atoms with van der Waals surface area (Å²) in [7, 11) is -3.30. The van der Waals surface area contributed by atoms with Gasteiger partial charge in [0.1, 0.15) is 18.9 Å². The number of carbonyl (C=O) groups is 1. The molecular formula is C24H26N4O5S. The number of fused-ring (bicyclic) bond motifs is 1. The zero-order valence-corrected chi connectivity index (χ0v) is 19.9. The molecule has 2 aromatic carbocycles. The standard InChI is InChI=1S/C24H26N4O5S/c1-17-15-21(28(25-17)18-3-6-20(7-4-18)34(2,30)31)24(29)27-11-9-26(10-12-27)19-5-8-22-23(16-19)33-14-13-32-22/h3-8,15-16H,9-14H2,1-2H3. The van der Waals surface area contributed by atoms with Crippen LogP contribution in [0.2, 0.25) is 0 Å². The molecule has 1 fully saturated rings. The first-order valence-electron chi connectivity index (χ1n) is 11.1. The Hall–Kier alpha value is -3.53. The Bertz CT molecular complexity index is 1330. The smallest absolute Gasteiger partial charge is 0.272 e. The monoisotopic (exact) mass is 482 g/mol. The number of hydrogen-bond acceptors (Lipinski definition) is 7. The molecule has 1 amide bonds. The first kappa shape index (κ1) is 22.3. The molecule has 0 radical (unpaired) electrons. The van der Waals surface area contributed by atoms with Crippen molar-refractivity contribution in [3.63, 3.8) is 0 Å². The van der Waals surface area contributed by atoms with Crippen LogP contribution in [0.5, 0.6) is 11.5 Å². The highest BCUT2D eigenvalue weighted by atomic mass is 32.2. The number of piperazine rings is 1. The molecule has 1 aromatic heterocycles. The Morgan fingerprint density at radius 1 is 0.882 bits per heavy atom. The summed E-state index contributed by atoms with van der Waals surface area (Å²) in [5, 5.41) is 4.48. The maximum absolute atomic E-state index is 13.4. The first-order valence-corrected chi connectivity index (χ1v) is 13.0. The lowest BCUT2D eigenvalue weighted by Crippen LogP contribution is -2.49. The zero-order valence-electron chi connectivity index (χ0n) is 19.1. The van der Waals surface area contributed by atoms with Crippen molar-refractivity contribution < 1.29 is 22.7 Å². The summed E-state index contributed by atoms with van der Waals surface area (Å²) in [6.45, 7) is 5.48. The number of amides is 1. The Labute approximate surface area is 198 Å². The van der Waals surface area contributed by atoms with Crippen LogP contribution in [0.25, 0.3) is 5.69 Å². The number of ether oxygens (including phenoxy) is 2. The van der Waals surface area contributed by atoms with Crippen molar-refractivity contribution in [2.75, 3.05) is 50.5 Å². The molecule has 2 aliphatic rings.